The zero-order chi connectivity index (χ0) is 20.5. The zero-order valence-corrected chi connectivity index (χ0v) is 17.0. The number of rotatable bonds is 7. The van der Waals surface area contributed by atoms with Crippen molar-refractivity contribution in [1.29, 1.82) is 0 Å². The number of ketones is 1. The van der Waals surface area contributed by atoms with Gasteiger partial charge in [0.2, 0.25) is 0 Å². The van der Waals surface area contributed by atoms with Crippen LogP contribution in [-0.4, -0.2) is 41.2 Å². The molecule has 1 amide bonds. The lowest BCUT2D eigenvalue weighted by molar-refractivity contribution is 0.0909. The Hall–Kier alpha value is -2.67. The average Bonchev–Trinajstić information content (AvgIpc) is 2.93. The quantitative estimate of drug-likeness (QED) is 0.715. The van der Waals surface area contributed by atoms with Gasteiger partial charge in [-0.1, -0.05) is 13.8 Å². The van der Waals surface area contributed by atoms with Crippen LogP contribution in [0.25, 0.3) is 5.69 Å². The van der Waals surface area contributed by atoms with Crippen LogP contribution in [0, 0.1) is 12.3 Å². The highest BCUT2D eigenvalue weighted by Gasteiger charge is 2.35. The van der Waals surface area contributed by atoms with Gasteiger partial charge in [-0.25, -0.2) is 4.68 Å². The second-order valence-corrected chi connectivity index (χ2v) is 7.98. The fraction of sp³-hybridized carbons (Fsp3) is 0.476. The molecule has 0 atom stereocenters. The summed E-state index contributed by atoms with van der Waals surface area (Å²) in [4.78, 5) is 24.4. The molecule has 0 fully saturated rings. The number of fused-ring (bicyclic) bond motifs is 1. The number of primary amides is 1. The van der Waals surface area contributed by atoms with Crippen LogP contribution in [0.2, 0.25) is 0 Å². The number of nitrogens with one attached hydrogen (secondary N) is 1. The molecule has 1 aromatic heterocycles. The Labute approximate surface area is 165 Å². The number of hydrogen-bond acceptors (Lipinski definition) is 5. The Morgan fingerprint density at radius 2 is 2.11 bits per heavy atom. The molecule has 0 saturated carbocycles. The molecular weight excluding hydrogens is 356 g/mol. The fourth-order valence-electron chi connectivity index (χ4n) is 3.78. The monoisotopic (exact) mass is 384 g/mol. The lowest BCUT2D eigenvalue weighted by Crippen LogP contribution is -2.28. The van der Waals surface area contributed by atoms with E-state index in [1.54, 1.807) is 6.07 Å². The van der Waals surface area contributed by atoms with Gasteiger partial charge in [-0.05, 0) is 43.9 Å². The Kier molecular flexibility index (Phi) is 5.56. The van der Waals surface area contributed by atoms with Gasteiger partial charge in [-0.15, -0.1) is 0 Å². The van der Waals surface area contributed by atoms with Crippen LogP contribution in [0.1, 0.15) is 59.3 Å². The molecular formula is C21H28N4O3. The SMILES string of the molecule is CCOCCNc1cc(-n2nc(C)c3c2CC(C)(C)CC3=O)ccc1C(N)=O. The van der Waals surface area contributed by atoms with Gasteiger partial charge < -0.3 is 15.8 Å². The first kappa shape index (κ1) is 20.1. The number of aromatic nitrogens is 2. The van der Waals surface area contributed by atoms with Crippen molar-refractivity contribution >= 4 is 17.4 Å². The molecule has 0 aliphatic heterocycles. The number of ether oxygens (including phenoxy) is 1. The lowest BCUT2D eigenvalue weighted by atomic mass is 9.75. The van der Waals surface area contributed by atoms with E-state index in [-0.39, 0.29) is 11.2 Å². The van der Waals surface area contributed by atoms with Crippen LogP contribution < -0.4 is 11.1 Å². The minimum atomic E-state index is -0.500. The first-order chi connectivity index (χ1) is 13.2. The Morgan fingerprint density at radius 3 is 2.79 bits per heavy atom. The van der Waals surface area contributed by atoms with Crippen LogP contribution >= 0.6 is 0 Å². The van der Waals surface area contributed by atoms with Crippen LogP contribution in [0.15, 0.2) is 18.2 Å². The topological polar surface area (TPSA) is 99.2 Å². The van der Waals surface area contributed by atoms with Crippen molar-refractivity contribution < 1.29 is 14.3 Å². The third kappa shape index (κ3) is 3.94. The molecule has 1 heterocycles. The highest BCUT2D eigenvalue weighted by atomic mass is 16.5. The summed E-state index contributed by atoms with van der Waals surface area (Å²) in [7, 11) is 0. The third-order valence-corrected chi connectivity index (χ3v) is 5.00. The molecule has 7 heteroatoms. The number of anilines is 1. The zero-order valence-electron chi connectivity index (χ0n) is 17.0. The minimum absolute atomic E-state index is 0.111. The van der Waals surface area contributed by atoms with Crippen molar-refractivity contribution in [3.63, 3.8) is 0 Å². The number of benzene rings is 1. The maximum absolute atomic E-state index is 12.6. The third-order valence-electron chi connectivity index (χ3n) is 5.00. The first-order valence-electron chi connectivity index (χ1n) is 9.61. The molecule has 150 valence electrons. The summed E-state index contributed by atoms with van der Waals surface area (Å²) >= 11 is 0. The molecule has 3 rings (SSSR count). The summed E-state index contributed by atoms with van der Waals surface area (Å²) < 4.78 is 7.17. The smallest absolute Gasteiger partial charge is 0.250 e. The van der Waals surface area contributed by atoms with Gasteiger partial charge in [-0.3, -0.25) is 9.59 Å². The maximum Gasteiger partial charge on any atom is 0.250 e. The van der Waals surface area contributed by atoms with Gasteiger partial charge in [-0.2, -0.15) is 5.10 Å². The fourth-order valence-corrected chi connectivity index (χ4v) is 3.78. The minimum Gasteiger partial charge on any atom is -0.382 e. The van der Waals surface area contributed by atoms with E-state index < -0.39 is 5.91 Å². The van der Waals surface area contributed by atoms with E-state index in [0.717, 1.165) is 29.1 Å². The number of Topliss-reactive ketones (excluding diaryl/α,β-unsaturated/α-hetero) is 1. The number of nitrogens with zero attached hydrogens (tertiary/aromatic N) is 2. The predicted molar refractivity (Wildman–Crippen MR) is 108 cm³/mol. The molecule has 1 aliphatic rings. The normalized spacial score (nSPS) is 15.4. The maximum atomic E-state index is 12.6. The molecule has 0 unspecified atom stereocenters. The Balaban J connectivity index is 2.02. The second-order valence-electron chi connectivity index (χ2n) is 7.98. The first-order valence-corrected chi connectivity index (χ1v) is 9.61. The number of amides is 1. The molecule has 28 heavy (non-hydrogen) atoms. The van der Waals surface area contributed by atoms with Gasteiger partial charge in [0.05, 0.1) is 34.8 Å². The van der Waals surface area contributed by atoms with Crippen molar-refractivity contribution in [2.24, 2.45) is 11.1 Å². The standard InChI is InChI=1S/C21H28N4O3/c1-5-28-9-8-23-16-10-14(6-7-15(16)20(22)27)25-17-11-21(3,4)12-18(26)19(17)13(2)24-25/h6-7,10,23H,5,8-9,11-12H2,1-4H3,(H2,22,27). The van der Waals surface area contributed by atoms with Gasteiger partial charge in [0.25, 0.3) is 5.91 Å². The number of aryl methyl sites for hydroxylation is 1. The van der Waals surface area contributed by atoms with Crippen LogP contribution in [0.3, 0.4) is 0 Å². The van der Waals surface area contributed by atoms with E-state index in [1.165, 1.54) is 0 Å². The second kappa shape index (κ2) is 7.75. The van der Waals surface area contributed by atoms with E-state index in [4.69, 9.17) is 10.5 Å². The van der Waals surface area contributed by atoms with Crippen LogP contribution in [-0.2, 0) is 11.2 Å². The van der Waals surface area contributed by atoms with E-state index in [2.05, 4.69) is 24.3 Å². The number of nitrogens with two attached hydrogens (primary N) is 1. The molecule has 1 aliphatic carbocycles. The predicted octanol–water partition coefficient (Wildman–Crippen LogP) is 2.88. The number of carbonyl (C=O) groups is 2. The molecule has 0 saturated heterocycles. The van der Waals surface area contributed by atoms with Crippen molar-refractivity contribution in [2.75, 3.05) is 25.1 Å². The van der Waals surface area contributed by atoms with Crippen molar-refractivity contribution in [3.8, 4) is 5.69 Å². The van der Waals surface area contributed by atoms with Crippen molar-refractivity contribution in [3.05, 3.63) is 40.7 Å². The summed E-state index contributed by atoms with van der Waals surface area (Å²) in [5.41, 5.74) is 9.63. The summed E-state index contributed by atoms with van der Waals surface area (Å²) in [6, 6.07) is 5.36. The lowest BCUT2D eigenvalue weighted by Gasteiger charge is -2.29. The largest absolute Gasteiger partial charge is 0.382 e. The van der Waals surface area contributed by atoms with Crippen LogP contribution in [0.5, 0.6) is 0 Å². The Morgan fingerprint density at radius 1 is 1.36 bits per heavy atom. The van der Waals surface area contributed by atoms with Gasteiger partial charge in [0.15, 0.2) is 5.78 Å². The number of hydrogen-bond donors (Lipinski definition) is 2. The molecule has 2 aromatic rings. The summed E-state index contributed by atoms with van der Waals surface area (Å²) in [5.74, 6) is -0.362. The van der Waals surface area contributed by atoms with Gasteiger partial charge in [0.1, 0.15) is 0 Å². The highest BCUT2D eigenvalue weighted by Crippen LogP contribution is 2.37. The molecule has 0 spiro atoms. The molecule has 7 nitrogen and oxygen atoms in total. The molecule has 0 radical (unpaired) electrons. The van der Waals surface area contributed by atoms with Crippen molar-refractivity contribution in [2.45, 2.75) is 40.5 Å². The average molecular weight is 384 g/mol. The molecule has 1 aromatic carbocycles. The van der Waals surface area contributed by atoms with E-state index >= 15 is 0 Å². The van der Waals surface area contributed by atoms with Crippen LogP contribution in [0.4, 0.5) is 5.69 Å². The summed E-state index contributed by atoms with van der Waals surface area (Å²) in [6.07, 6.45) is 1.29. The highest BCUT2D eigenvalue weighted by molar-refractivity contribution is 6.00. The van der Waals surface area contributed by atoms with E-state index in [1.807, 2.05) is 30.7 Å². The van der Waals surface area contributed by atoms with Gasteiger partial charge in [0, 0.05) is 25.3 Å². The molecule has 3 N–H and O–H groups in total. The van der Waals surface area contributed by atoms with Gasteiger partial charge >= 0.3 is 0 Å². The number of carbonyl (C=O) groups excluding carboxylic acids is 2. The Bertz CT molecular complexity index is 915. The van der Waals surface area contributed by atoms with Crippen molar-refractivity contribution in [1.82, 2.24) is 9.78 Å². The summed E-state index contributed by atoms with van der Waals surface area (Å²) in [5, 5.41) is 7.85. The van der Waals surface area contributed by atoms with E-state index in [9.17, 15) is 9.59 Å². The molecule has 0 bridgehead atoms. The van der Waals surface area contributed by atoms with E-state index in [0.29, 0.717) is 37.4 Å². The summed E-state index contributed by atoms with van der Waals surface area (Å²) in [6.45, 7) is 9.70.